The largest absolute Gasteiger partial charge is 0.351 e. The zero-order valence-corrected chi connectivity index (χ0v) is 18.2. The van der Waals surface area contributed by atoms with Gasteiger partial charge >= 0.3 is 0 Å². The fourth-order valence-corrected chi connectivity index (χ4v) is 5.07. The van der Waals surface area contributed by atoms with E-state index in [4.69, 9.17) is 12.2 Å². The van der Waals surface area contributed by atoms with Gasteiger partial charge in [0, 0.05) is 29.3 Å². The van der Waals surface area contributed by atoms with E-state index in [0.29, 0.717) is 16.7 Å². The van der Waals surface area contributed by atoms with Gasteiger partial charge in [-0.25, -0.2) is 4.39 Å². The summed E-state index contributed by atoms with van der Waals surface area (Å²) in [4.78, 5) is 6.75. The van der Waals surface area contributed by atoms with Gasteiger partial charge in [0.15, 0.2) is 5.11 Å². The Kier molecular flexibility index (Phi) is 4.62. The Morgan fingerprint density at radius 1 is 1.10 bits per heavy atom. The summed E-state index contributed by atoms with van der Waals surface area (Å²) in [5, 5.41) is 4.13. The van der Waals surface area contributed by atoms with Crippen molar-refractivity contribution in [3.05, 3.63) is 82.7 Å². The second-order valence-corrected chi connectivity index (χ2v) is 8.74. The van der Waals surface area contributed by atoms with Crippen LogP contribution >= 0.6 is 12.2 Å². The van der Waals surface area contributed by atoms with E-state index in [2.05, 4.69) is 39.7 Å². The molecule has 0 unspecified atom stereocenters. The minimum absolute atomic E-state index is 0.0593. The molecule has 6 heteroatoms. The maximum absolute atomic E-state index is 14.0. The van der Waals surface area contributed by atoms with E-state index in [1.165, 1.54) is 35.9 Å². The highest BCUT2D eigenvalue weighted by Gasteiger charge is 2.43. The minimum Gasteiger partial charge on any atom is -0.351 e. The minimum atomic E-state index is -0.207. The molecule has 5 rings (SSSR count). The zero-order valence-electron chi connectivity index (χ0n) is 17.4. The van der Waals surface area contributed by atoms with Gasteiger partial charge in [-0.15, -0.1) is 0 Å². The Balaban J connectivity index is 1.67. The second-order valence-electron chi connectivity index (χ2n) is 8.36. The number of halogens is 1. The normalized spacial score (nSPS) is 21.2. The molecule has 1 aromatic carbocycles. The zero-order chi connectivity index (χ0) is 21.0. The van der Waals surface area contributed by atoms with Crippen LogP contribution in [0.25, 0.3) is 0 Å². The number of hydrogen-bond donors (Lipinski definition) is 1. The molecule has 1 N–H and O–H groups in total. The van der Waals surface area contributed by atoms with Crippen LogP contribution in [0.3, 0.4) is 0 Å². The fraction of sp³-hybridized carbons (Fsp3) is 0.333. The molecule has 2 fully saturated rings. The van der Waals surface area contributed by atoms with Crippen molar-refractivity contribution in [3.63, 3.8) is 0 Å². The molecule has 1 aliphatic heterocycles. The molecule has 1 saturated carbocycles. The first kappa shape index (κ1) is 19.2. The molecule has 3 heterocycles. The third kappa shape index (κ3) is 3.10. The van der Waals surface area contributed by atoms with E-state index in [1.54, 1.807) is 6.92 Å². The van der Waals surface area contributed by atoms with Gasteiger partial charge in [0.2, 0.25) is 0 Å². The van der Waals surface area contributed by atoms with Gasteiger partial charge in [0.25, 0.3) is 0 Å². The topological polar surface area (TPSA) is 33.1 Å². The van der Waals surface area contributed by atoms with Crippen molar-refractivity contribution < 1.29 is 4.39 Å². The Hall–Kier alpha value is -2.73. The molecule has 4 nitrogen and oxygen atoms in total. The van der Waals surface area contributed by atoms with Crippen molar-refractivity contribution in [2.24, 2.45) is 0 Å². The lowest BCUT2D eigenvalue weighted by Gasteiger charge is -2.28. The summed E-state index contributed by atoms with van der Waals surface area (Å²) >= 11 is 5.79. The summed E-state index contributed by atoms with van der Waals surface area (Å²) in [7, 11) is 0. The molecular formula is C24H25FN4S. The summed E-state index contributed by atoms with van der Waals surface area (Å²) in [5.41, 5.74) is 6.24. The molecule has 0 radical (unpaired) electrons. The molecule has 2 aliphatic rings. The average molecular weight is 421 g/mol. The van der Waals surface area contributed by atoms with Crippen LogP contribution in [0.2, 0.25) is 0 Å². The second kappa shape index (κ2) is 7.20. The van der Waals surface area contributed by atoms with E-state index in [9.17, 15) is 4.39 Å². The molecule has 1 aliphatic carbocycles. The predicted octanol–water partition coefficient (Wildman–Crippen LogP) is 5.46. The first-order chi connectivity index (χ1) is 14.5. The van der Waals surface area contributed by atoms with E-state index in [0.717, 1.165) is 11.4 Å². The van der Waals surface area contributed by atoms with Crippen LogP contribution < -0.4 is 10.2 Å². The van der Waals surface area contributed by atoms with Crippen LogP contribution in [0, 0.1) is 26.6 Å². The maximum atomic E-state index is 14.0. The van der Waals surface area contributed by atoms with Crippen LogP contribution in [0.15, 0.2) is 48.7 Å². The van der Waals surface area contributed by atoms with Gasteiger partial charge in [0.05, 0.1) is 17.8 Å². The molecule has 2 aromatic heterocycles. The predicted molar refractivity (Wildman–Crippen MR) is 121 cm³/mol. The Morgan fingerprint density at radius 2 is 1.90 bits per heavy atom. The third-order valence-electron chi connectivity index (χ3n) is 6.27. The lowest BCUT2D eigenvalue weighted by Crippen LogP contribution is -2.29. The maximum Gasteiger partial charge on any atom is 0.174 e. The highest BCUT2D eigenvalue weighted by atomic mass is 32.1. The summed E-state index contributed by atoms with van der Waals surface area (Å²) in [6.07, 6.45) is 4.29. The highest BCUT2D eigenvalue weighted by molar-refractivity contribution is 7.80. The van der Waals surface area contributed by atoms with Gasteiger partial charge in [0.1, 0.15) is 5.82 Å². The standard InChI is InChI=1S/C24H25FN4S/c1-14-12-18(9-10-20(14)25)29-23(19-13-15(2)28(16(19)3)17-7-8-17)22(27-24(29)30)21-6-4-5-11-26-21/h4-6,9-13,17,22-23H,7-8H2,1-3H3,(H,27,30)/t22-,23+/m0/s1. The van der Waals surface area contributed by atoms with Crippen molar-refractivity contribution in [1.82, 2.24) is 14.9 Å². The molecule has 2 atom stereocenters. The number of pyridine rings is 1. The van der Waals surface area contributed by atoms with E-state index >= 15 is 0 Å². The molecular weight excluding hydrogens is 395 g/mol. The average Bonchev–Trinajstić information content (AvgIpc) is 3.44. The van der Waals surface area contributed by atoms with E-state index in [1.807, 2.05) is 36.5 Å². The number of hydrogen-bond acceptors (Lipinski definition) is 2. The number of nitrogens with zero attached hydrogens (tertiary/aromatic N) is 3. The van der Waals surface area contributed by atoms with Crippen molar-refractivity contribution in [1.29, 1.82) is 0 Å². The first-order valence-corrected chi connectivity index (χ1v) is 10.8. The molecule has 0 amide bonds. The quantitative estimate of drug-likeness (QED) is 0.568. The van der Waals surface area contributed by atoms with Crippen molar-refractivity contribution in [3.8, 4) is 0 Å². The van der Waals surface area contributed by atoms with Gasteiger partial charge in [-0.3, -0.25) is 4.98 Å². The van der Waals surface area contributed by atoms with Gasteiger partial charge < -0.3 is 14.8 Å². The molecule has 30 heavy (non-hydrogen) atoms. The number of anilines is 1. The van der Waals surface area contributed by atoms with Crippen molar-refractivity contribution in [2.45, 2.75) is 51.7 Å². The Bertz CT molecular complexity index is 1120. The summed E-state index contributed by atoms with van der Waals surface area (Å²) in [6.45, 7) is 6.17. The van der Waals surface area contributed by atoms with Crippen molar-refractivity contribution in [2.75, 3.05) is 4.90 Å². The molecule has 1 saturated heterocycles. The smallest absolute Gasteiger partial charge is 0.174 e. The van der Waals surface area contributed by atoms with Crippen molar-refractivity contribution >= 4 is 23.0 Å². The summed E-state index contributed by atoms with van der Waals surface area (Å²) in [5.74, 6) is -0.207. The van der Waals surface area contributed by atoms with Crippen LogP contribution in [-0.2, 0) is 0 Å². The summed E-state index contributed by atoms with van der Waals surface area (Å²) in [6, 6.07) is 13.9. The highest BCUT2D eigenvalue weighted by Crippen LogP contribution is 2.46. The third-order valence-corrected chi connectivity index (χ3v) is 6.59. The van der Waals surface area contributed by atoms with Gasteiger partial charge in [-0.1, -0.05) is 6.07 Å². The lowest BCUT2D eigenvalue weighted by atomic mass is 9.96. The Labute approximate surface area is 181 Å². The number of aromatic nitrogens is 2. The number of benzene rings is 1. The van der Waals surface area contributed by atoms with E-state index in [-0.39, 0.29) is 17.9 Å². The first-order valence-electron chi connectivity index (χ1n) is 10.4. The lowest BCUT2D eigenvalue weighted by molar-refractivity contribution is 0.561. The van der Waals surface area contributed by atoms with Crippen LogP contribution in [0.5, 0.6) is 0 Å². The van der Waals surface area contributed by atoms with Gasteiger partial charge in [-0.05, 0) is 93.4 Å². The molecule has 3 aromatic rings. The summed E-state index contributed by atoms with van der Waals surface area (Å²) < 4.78 is 16.4. The Morgan fingerprint density at radius 3 is 2.57 bits per heavy atom. The molecule has 0 bridgehead atoms. The van der Waals surface area contributed by atoms with Crippen LogP contribution in [0.4, 0.5) is 10.1 Å². The van der Waals surface area contributed by atoms with E-state index < -0.39 is 0 Å². The molecule has 154 valence electrons. The van der Waals surface area contributed by atoms with Crippen LogP contribution in [0.1, 0.15) is 59.2 Å². The molecule has 0 spiro atoms. The number of rotatable bonds is 4. The monoisotopic (exact) mass is 420 g/mol. The van der Waals surface area contributed by atoms with Gasteiger partial charge in [-0.2, -0.15) is 0 Å². The van der Waals surface area contributed by atoms with Crippen LogP contribution in [-0.4, -0.2) is 14.7 Å². The number of aryl methyl sites for hydroxylation is 2. The number of nitrogens with one attached hydrogen (secondary N) is 1. The number of thiocarbonyl (C=S) groups is 1. The fourth-order valence-electron chi connectivity index (χ4n) is 4.72. The SMILES string of the molecule is Cc1cc(N2C(=S)N[C@@H](c3ccccn3)[C@H]2c2cc(C)n(C3CC3)c2C)ccc1F.